The van der Waals surface area contributed by atoms with Crippen LogP contribution < -0.4 is 0 Å². The molecule has 1 aliphatic rings. The fraction of sp³-hybridized carbons (Fsp3) is 0.538. The summed E-state index contributed by atoms with van der Waals surface area (Å²) in [5.74, 6) is 0.946. The normalized spacial score (nSPS) is 27.0. The molecule has 3 atom stereocenters. The van der Waals surface area contributed by atoms with E-state index < -0.39 is 6.10 Å². The molecule has 1 aromatic carbocycles. The second kappa shape index (κ2) is 4.95. The molecule has 1 aromatic rings. The topological polar surface area (TPSA) is 20.2 Å². The van der Waals surface area contributed by atoms with Crippen LogP contribution in [-0.4, -0.2) is 5.11 Å². The minimum atomic E-state index is -0.410. The number of halogens is 2. The Bertz CT molecular complexity index is 378. The van der Waals surface area contributed by atoms with Crippen LogP contribution in [0.15, 0.2) is 18.2 Å². The van der Waals surface area contributed by atoms with Gasteiger partial charge >= 0.3 is 0 Å². The lowest BCUT2D eigenvalue weighted by molar-refractivity contribution is 0.0901. The van der Waals surface area contributed by atoms with E-state index in [4.69, 9.17) is 23.2 Å². The lowest BCUT2D eigenvalue weighted by Gasteiger charge is -2.22. The first-order valence-electron chi connectivity index (χ1n) is 5.72. The highest BCUT2D eigenvalue weighted by Crippen LogP contribution is 2.40. The van der Waals surface area contributed by atoms with E-state index in [0.717, 1.165) is 12.0 Å². The standard InChI is InChI=1S/C13H16Cl2O/c1-8-3-2-4-10(8)13(16)9-5-6-11(14)12(15)7-9/h5-8,10,13,16H,2-4H2,1H3. The zero-order valence-electron chi connectivity index (χ0n) is 9.29. The molecule has 0 saturated heterocycles. The summed E-state index contributed by atoms with van der Waals surface area (Å²) >= 11 is 11.8. The Morgan fingerprint density at radius 2 is 2.00 bits per heavy atom. The van der Waals surface area contributed by atoms with Gasteiger partial charge in [-0.25, -0.2) is 0 Å². The van der Waals surface area contributed by atoms with E-state index in [1.807, 2.05) is 6.07 Å². The van der Waals surface area contributed by atoms with Crippen LogP contribution in [-0.2, 0) is 0 Å². The first-order chi connectivity index (χ1) is 7.59. The highest BCUT2D eigenvalue weighted by molar-refractivity contribution is 6.42. The Morgan fingerprint density at radius 3 is 2.56 bits per heavy atom. The third-order valence-electron chi connectivity index (χ3n) is 3.62. The number of rotatable bonds is 2. The smallest absolute Gasteiger partial charge is 0.0821 e. The van der Waals surface area contributed by atoms with Crippen molar-refractivity contribution in [2.75, 3.05) is 0 Å². The summed E-state index contributed by atoms with van der Waals surface area (Å²) < 4.78 is 0. The average molecular weight is 259 g/mol. The second-order valence-electron chi connectivity index (χ2n) is 4.69. The first-order valence-corrected chi connectivity index (χ1v) is 6.48. The van der Waals surface area contributed by atoms with Gasteiger partial charge in [0.1, 0.15) is 0 Å². The van der Waals surface area contributed by atoms with E-state index in [0.29, 0.717) is 21.9 Å². The van der Waals surface area contributed by atoms with Crippen molar-refractivity contribution in [3.05, 3.63) is 33.8 Å². The minimum absolute atomic E-state index is 0.359. The molecule has 0 heterocycles. The Kier molecular flexibility index (Phi) is 3.78. The fourth-order valence-electron chi connectivity index (χ4n) is 2.59. The molecule has 3 unspecified atom stereocenters. The Hall–Kier alpha value is -0.240. The highest BCUT2D eigenvalue weighted by atomic mass is 35.5. The fourth-order valence-corrected chi connectivity index (χ4v) is 2.89. The van der Waals surface area contributed by atoms with Gasteiger partial charge in [-0.15, -0.1) is 0 Å². The monoisotopic (exact) mass is 258 g/mol. The number of hydrogen-bond acceptors (Lipinski definition) is 1. The maximum Gasteiger partial charge on any atom is 0.0821 e. The molecule has 88 valence electrons. The number of hydrogen-bond donors (Lipinski definition) is 1. The maximum absolute atomic E-state index is 10.3. The van der Waals surface area contributed by atoms with E-state index in [2.05, 4.69) is 6.92 Å². The van der Waals surface area contributed by atoms with Crippen LogP contribution in [0.2, 0.25) is 10.0 Å². The Balaban J connectivity index is 2.20. The van der Waals surface area contributed by atoms with Crippen molar-refractivity contribution >= 4 is 23.2 Å². The van der Waals surface area contributed by atoms with Gasteiger partial charge in [0.2, 0.25) is 0 Å². The minimum Gasteiger partial charge on any atom is -0.388 e. The summed E-state index contributed by atoms with van der Waals surface area (Å²) in [5.41, 5.74) is 0.883. The molecule has 3 heteroatoms. The van der Waals surface area contributed by atoms with Gasteiger partial charge in [-0.2, -0.15) is 0 Å². The molecule has 1 N–H and O–H groups in total. The molecule has 0 bridgehead atoms. The largest absolute Gasteiger partial charge is 0.388 e. The maximum atomic E-state index is 10.3. The molecule has 1 nitrogen and oxygen atoms in total. The molecule has 0 radical (unpaired) electrons. The van der Waals surface area contributed by atoms with E-state index in [1.165, 1.54) is 12.8 Å². The molecule has 1 fully saturated rings. The van der Waals surface area contributed by atoms with Crippen molar-refractivity contribution in [1.82, 2.24) is 0 Å². The van der Waals surface area contributed by atoms with Crippen LogP contribution in [0.3, 0.4) is 0 Å². The van der Waals surface area contributed by atoms with E-state index in [9.17, 15) is 5.11 Å². The summed E-state index contributed by atoms with van der Waals surface area (Å²) in [7, 11) is 0. The molecule has 1 saturated carbocycles. The summed E-state index contributed by atoms with van der Waals surface area (Å²) in [5, 5.41) is 11.4. The van der Waals surface area contributed by atoms with Crippen molar-refractivity contribution in [1.29, 1.82) is 0 Å². The van der Waals surface area contributed by atoms with E-state index in [1.54, 1.807) is 12.1 Å². The van der Waals surface area contributed by atoms with Crippen LogP contribution in [0.1, 0.15) is 37.9 Å². The summed E-state index contributed by atoms with van der Waals surface area (Å²) in [4.78, 5) is 0. The second-order valence-corrected chi connectivity index (χ2v) is 5.50. The van der Waals surface area contributed by atoms with Crippen LogP contribution in [0, 0.1) is 11.8 Å². The lowest BCUT2D eigenvalue weighted by atomic mass is 9.88. The average Bonchev–Trinajstić information content (AvgIpc) is 2.67. The van der Waals surface area contributed by atoms with Crippen molar-refractivity contribution in [2.24, 2.45) is 11.8 Å². The van der Waals surface area contributed by atoms with Crippen molar-refractivity contribution in [2.45, 2.75) is 32.3 Å². The summed E-state index contributed by atoms with van der Waals surface area (Å²) in [6, 6.07) is 5.39. The SMILES string of the molecule is CC1CCCC1C(O)c1ccc(Cl)c(Cl)c1. The summed E-state index contributed by atoms with van der Waals surface area (Å²) in [6.45, 7) is 2.21. The molecule has 0 aromatic heterocycles. The van der Waals surface area contributed by atoms with Crippen molar-refractivity contribution in [3.8, 4) is 0 Å². The van der Waals surface area contributed by atoms with Crippen LogP contribution in [0.5, 0.6) is 0 Å². The molecule has 16 heavy (non-hydrogen) atoms. The molecular formula is C13H16Cl2O. The predicted molar refractivity (Wildman–Crippen MR) is 67.9 cm³/mol. The van der Waals surface area contributed by atoms with Crippen LogP contribution >= 0.6 is 23.2 Å². The lowest BCUT2D eigenvalue weighted by Crippen LogP contribution is -2.15. The van der Waals surface area contributed by atoms with Crippen molar-refractivity contribution in [3.63, 3.8) is 0 Å². The molecule has 0 spiro atoms. The van der Waals surface area contributed by atoms with Gasteiger partial charge in [-0.05, 0) is 36.0 Å². The van der Waals surface area contributed by atoms with Gasteiger partial charge in [-0.1, -0.05) is 49.0 Å². The highest BCUT2D eigenvalue weighted by Gasteiger charge is 2.30. The predicted octanol–water partition coefficient (Wildman–Crippen LogP) is 4.46. The number of benzene rings is 1. The molecule has 0 amide bonds. The molecule has 0 aliphatic heterocycles. The van der Waals surface area contributed by atoms with Gasteiger partial charge in [0.15, 0.2) is 0 Å². The molecule has 1 aliphatic carbocycles. The van der Waals surface area contributed by atoms with Gasteiger partial charge in [0.25, 0.3) is 0 Å². The summed E-state index contributed by atoms with van der Waals surface area (Å²) in [6.07, 6.45) is 3.11. The van der Waals surface area contributed by atoms with Crippen LogP contribution in [0.4, 0.5) is 0 Å². The third-order valence-corrected chi connectivity index (χ3v) is 4.36. The van der Waals surface area contributed by atoms with E-state index >= 15 is 0 Å². The van der Waals surface area contributed by atoms with Gasteiger partial charge in [0.05, 0.1) is 16.1 Å². The molecule has 2 rings (SSSR count). The number of aliphatic hydroxyl groups excluding tert-OH is 1. The Morgan fingerprint density at radius 1 is 1.25 bits per heavy atom. The quantitative estimate of drug-likeness (QED) is 0.831. The third kappa shape index (κ3) is 2.37. The number of aliphatic hydroxyl groups is 1. The molecular weight excluding hydrogens is 243 g/mol. The van der Waals surface area contributed by atoms with Gasteiger partial charge < -0.3 is 5.11 Å². The first kappa shape index (κ1) is 12.2. The van der Waals surface area contributed by atoms with Gasteiger partial charge in [-0.3, -0.25) is 0 Å². The van der Waals surface area contributed by atoms with E-state index in [-0.39, 0.29) is 0 Å². The van der Waals surface area contributed by atoms with Crippen molar-refractivity contribution < 1.29 is 5.11 Å². The van der Waals surface area contributed by atoms with Gasteiger partial charge in [0, 0.05) is 0 Å². The van der Waals surface area contributed by atoms with Crippen LogP contribution in [0.25, 0.3) is 0 Å². The Labute approximate surface area is 106 Å². The zero-order valence-corrected chi connectivity index (χ0v) is 10.8. The zero-order chi connectivity index (χ0) is 11.7.